The highest BCUT2D eigenvalue weighted by Gasteiger charge is 2.09. The largest absolute Gasteiger partial charge is 0.396 e. The number of anilines is 2. The van der Waals surface area contributed by atoms with Crippen molar-refractivity contribution in [2.24, 2.45) is 0 Å². The predicted molar refractivity (Wildman–Crippen MR) is 69.2 cm³/mol. The van der Waals surface area contributed by atoms with Gasteiger partial charge in [-0.3, -0.25) is 4.98 Å². The van der Waals surface area contributed by atoms with Gasteiger partial charge in [0.2, 0.25) is 0 Å². The van der Waals surface area contributed by atoms with Crippen LogP contribution in [0.4, 0.5) is 11.4 Å². The van der Waals surface area contributed by atoms with E-state index in [2.05, 4.69) is 9.88 Å². The first-order valence-electron chi connectivity index (χ1n) is 5.72. The molecule has 1 heterocycles. The Morgan fingerprint density at radius 3 is 2.65 bits per heavy atom. The average molecular weight is 239 g/mol. The summed E-state index contributed by atoms with van der Waals surface area (Å²) in [4.78, 5) is 6.19. The molecular weight excluding hydrogens is 218 g/mol. The van der Waals surface area contributed by atoms with Crippen molar-refractivity contribution in [3.8, 4) is 0 Å². The van der Waals surface area contributed by atoms with Gasteiger partial charge in [0.1, 0.15) is 0 Å². The van der Waals surface area contributed by atoms with Crippen LogP contribution in [0, 0.1) is 0 Å². The molecule has 5 heteroatoms. The van der Waals surface area contributed by atoms with Gasteiger partial charge in [-0.1, -0.05) is 0 Å². The van der Waals surface area contributed by atoms with Crippen LogP contribution in [-0.4, -0.2) is 45.5 Å². The lowest BCUT2D eigenvalue weighted by molar-refractivity contribution is 0.191. The predicted octanol–water partition coefficient (Wildman–Crippen LogP) is 1.15. The molecule has 1 aromatic rings. The van der Waals surface area contributed by atoms with Gasteiger partial charge in [0, 0.05) is 40.1 Å². The molecule has 0 spiro atoms. The van der Waals surface area contributed by atoms with Gasteiger partial charge in [0.05, 0.1) is 24.2 Å². The molecule has 0 bridgehead atoms. The third-order valence-electron chi connectivity index (χ3n) is 2.51. The fraction of sp³-hybridized carbons (Fsp3) is 0.583. The molecule has 0 aliphatic carbocycles. The molecule has 2 N–H and O–H groups in total. The smallest absolute Gasteiger partial charge is 0.0738 e. The van der Waals surface area contributed by atoms with Crippen LogP contribution in [0.2, 0.25) is 0 Å². The number of nitrogen functional groups attached to an aromatic ring is 1. The molecule has 1 aromatic heterocycles. The standard InChI is InChI=1S/C12H21N3O2/c1-16-8-3-6-15(7-9-17-2)12-4-5-14-10-11(12)13/h4-5,10H,3,6-9,13H2,1-2H3. The molecule has 0 saturated carbocycles. The van der Waals surface area contributed by atoms with Gasteiger partial charge in [0.25, 0.3) is 0 Å². The Hall–Kier alpha value is -1.33. The number of aromatic nitrogens is 1. The number of hydrogen-bond donors (Lipinski definition) is 1. The highest BCUT2D eigenvalue weighted by atomic mass is 16.5. The summed E-state index contributed by atoms with van der Waals surface area (Å²) in [5.74, 6) is 0. The van der Waals surface area contributed by atoms with Crippen molar-refractivity contribution in [1.29, 1.82) is 0 Å². The lowest BCUT2D eigenvalue weighted by atomic mass is 10.3. The van der Waals surface area contributed by atoms with Crippen molar-refractivity contribution in [3.05, 3.63) is 18.5 Å². The minimum absolute atomic E-state index is 0.675. The van der Waals surface area contributed by atoms with Gasteiger partial charge in [-0.05, 0) is 12.5 Å². The molecule has 0 saturated heterocycles. The van der Waals surface area contributed by atoms with Crippen molar-refractivity contribution in [2.75, 3.05) is 51.2 Å². The topological polar surface area (TPSA) is 60.6 Å². The Labute approximate surface area is 103 Å². The van der Waals surface area contributed by atoms with Crippen LogP contribution < -0.4 is 10.6 Å². The van der Waals surface area contributed by atoms with E-state index in [9.17, 15) is 0 Å². The van der Waals surface area contributed by atoms with Gasteiger partial charge < -0.3 is 20.1 Å². The maximum Gasteiger partial charge on any atom is 0.0738 e. The summed E-state index contributed by atoms with van der Waals surface area (Å²) in [6, 6.07) is 1.93. The fourth-order valence-electron chi connectivity index (χ4n) is 1.64. The van der Waals surface area contributed by atoms with E-state index in [1.54, 1.807) is 26.6 Å². The summed E-state index contributed by atoms with van der Waals surface area (Å²) >= 11 is 0. The summed E-state index contributed by atoms with van der Waals surface area (Å²) in [6.45, 7) is 3.13. The number of rotatable bonds is 8. The molecule has 0 atom stereocenters. The van der Waals surface area contributed by atoms with E-state index in [0.717, 1.165) is 31.8 Å². The second-order valence-electron chi connectivity index (χ2n) is 3.76. The zero-order valence-electron chi connectivity index (χ0n) is 10.6. The van der Waals surface area contributed by atoms with E-state index >= 15 is 0 Å². The van der Waals surface area contributed by atoms with Crippen LogP contribution in [0.15, 0.2) is 18.5 Å². The molecule has 96 valence electrons. The first-order chi connectivity index (χ1) is 8.29. The molecular formula is C12H21N3O2. The van der Waals surface area contributed by atoms with Gasteiger partial charge in [-0.25, -0.2) is 0 Å². The fourth-order valence-corrected chi connectivity index (χ4v) is 1.64. The van der Waals surface area contributed by atoms with E-state index in [0.29, 0.717) is 12.3 Å². The highest BCUT2D eigenvalue weighted by Crippen LogP contribution is 2.21. The third-order valence-corrected chi connectivity index (χ3v) is 2.51. The van der Waals surface area contributed by atoms with Gasteiger partial charge in [-0.2, -0.15) is 0 Å². The van der Waals surface area contributed by atoms with Crippen LogP contribution in [0.3, 0.4) is 0 Å². The molecule has 1 rings (SSSR count). The molecule has 17 heavy (non-hydrogen) atoms. The lowest BCUT2D eigenvalue weighted by Gasteiger charge is -2.25. The van der Waals surface area contributed by atoms with E-state index in [4.69, 9.17) is 15.2 Å². The molecule has 5 nitrogen and oxygen atoms in total. The quantitative estimate of drug-likeness (QED) is 0.690. The normalized spacial score (nSPS) is 10.5. The second kappa shape index (κ2) is 7.86. The molecule has 0 fully saturated rings. The molecule has 0 radical (unpaired) electrons. The Morgan fingerprint density at radius 2 is 2.00 bits per heavy atom. The second-order valence-corrected chi connectivity index (χ2v) is 3.76. The monoisotopic (exact) mass is 239 g/mol. The first kappa shape index (κ1) is 13.7. The first-order valence-corrected chi connectivity index (χ1v) is 5.72. The number of nitrogens with zero attached hydrogens (tertiary/aromatic N) is 2. The number of nitrogens with two attached hydrogens (primary N) is 1. The lowest BCUT2D eigenvalue weighted by Crippen LogP contribution is -2.29. The van der Waals surface area contributed by atoms with Crippen LogP contribution in [0.5, 0.6) is 0 Å². The van der Waals surface area contributed by atoms with Crippen LogP contribution in [-0.2, 0) is 9.47 Å². The SMILES string of the molecule is COCCCN(CCOC)c1ccncc1N. The minimum Gasteiger partial charge on any atom is -0.396 e. The van der Waals surface area contributed by atoms with Crippen molar-refractivity contribution in [1.82, 2.24) is 4.98 Å². The number of ether oxygens (including phenoxy) is 2. The highest BCUT2D eigenvalue weighted by molar-refractivity contribution is 5.65. The summed E-state index contributed by atoms with van der Waals surface area (Å²) in [6.07, 6.45) is 4.38. The molecule has 0 aliphatic heterocycles. The number of pyridine rings is 1. The minimum atomic E-state index is 0.675. The maximum absolute atomic E-state index is 5.92. The van der Waals surface area contributed by atoms with Gasteiger partial charge >= 0.3 is 0 Å². The van der Waals surface area contributed by atoms with Crippen LogP contribution in [0.25, 0.3) is 0 Å². The average Bonchev–Trinajstić information content (AvgIpc) is 2.35. The Bertz CT molecular complexity index is 320. The Balaban J connectivity index is 2.64. The number of hydrogen-bond acceptors (Lipinski definition) is 5. The molecule has 0 amide bonds. The van der Waals surface area contributed by atoms with Crippen molar-refractivity contribution >= 4 is 11.4 Å². The van der Waals surface area contributed by atoms with Crippen molar-refractivity contribution < 1.29 is 9.47 Å². The van der Waals surface area contributed by atoms with Crippen LogP contribution in [0.1, 0.15) is 6.42 Å². The Kier molecular flexibility index (Phi) is 6.35. The summed E-state index contributed by atoms with van der Waals surface area (Å²) in [5, 5.41) is 0. The zero-order valence-corrected chi connectivity index (χ0v) is 10.6. The zero-order chi connectivity index (χ0) is 12.5. The van der Waals surface area contributed by atoms with E-state index in [1.165, 1.54) is 0 Å². The number of methoxy groups -OCH3 is 2. The van der Waals surface area contributed by atoms with E-state index < -0.39 is 0 Å². The van der Waals surface area contributed by atoms with E-state index in [1.807, 2.05) is 6.07 Å². The van der Waals surface area contributed by atoms with Crippen molar-refractivity contribution in [2.45, 2.75) is 6.42 Å². The summed E-state index contributed by atoms with van der Waals surface area (Å²) in [7, 11) is 3.41. The summed E-state index contributed by atoms with van der Waals surface area (Å²) in [5.41, 5.74) is 7.62. The van der Waals surface area contributed by atoms with Gasteiger partial charge in [0.15, 0.2) is 0 Å². The third kappa shape index (κ3) is 4.58. The molecule has 0 aromatic carbocycles. The van der Waals surface area contributed by atoms with E-state index in [-0.39, 0.29) is 0 Å². The summed E-state index contributed by atoms with van der Waals surface area (Å²) < 4.78 is 10.2. The van der Waals surface area contributed by atoms with Crippen LogP contribution >= 0.6 is 0 Å². The maximum atomic E-state index is 5.92. The van der Waals surface area contributed by atoms with Gasteiger partial charge in [-0.15, -0.1) is 0 Å². The Morgan fingerprint density at radius 1 is 1.24 bits per heavy atom. The molecule has 0 unspecified atom stereocenters. The molecule has 0 aliphatic rings. The van der Waals surface area contributed by atoms with Crippen molar-refractivity contribution in [3.63, 3.8) is 0 Å².